The van der Waals surface area contributed by atoms with E-state index in [4.69, 9.17) is 21.1 Å². The highest BCUT2D eigenvalue weighted by Gasteiger charge is 2.04. The van der Waals surface area contributed by atoms with E-state index in [0.29, 0.717) is 17.4 Å². The summed E-state index contributed by atoms with van der Waals surface area (Å²) in [4.78, 5) is 11.7. The van der Waals surface area contributed by atoms with Crippen LogP contribution in [-0.4, -0.2) is 19.2 Å². The van der Waals surface area contributed by atoms with Crippen molar-refractivity contribution in [2.24, 2.45) is 0 Å². The molecule has 1 aromatic rings. The molecule has 0 heterocycles. The van der Waals surface area contributed by atoms with E-state index in [9.17, 15) is 4.79 Å². The highest BCUT2D eigenvalue weighted by molar-refractivity contribution is 6.30. The molecule has 0 fully saturated rings. The Morgan fingerprint density at radius 1 is 0.724 bits per heavy atom. The third kappa shape index (κ3) is 16.3. The van der Waals surface area contributed by atoms with E-state index in [-0.39, 0.29) is 12.6 Å². The molecule has 0 saturated carbocycles. The van der Waals surface area contributed by atoms with Crippen molar-refractivity contribution in [2.45, 2.75) is 103 Å². The fourth-order valence-corrected chi connectivity index (χ4v) is 3.50. The quantitative estimate of drug-likeness (QED) is 0.166. The monoisotopic (exact) mass is 424 g/mol. The zero-order chi connectivity index (χ0) is 21.0. The van der Waals surface area contributed by atoms with Gasteiger partial charge >= 0.3 is 5.97 Å². The van der Waals surface area contributed by atoms with Gasteiger partial charge in [-0.2, -0.15) is 0 Å². The van der Waals surface area contributed by atoms with Gasteiger partial charge in [-0.3, -0.25) is 0 Å². The summed E-state index contributed by atoms with van der Waals surface area (Å²) >= 11 is 5.81. The first kappa shape index (κ1) is 25.8. The molecule has 0 radical (unpaired) electrons. The Bertz CT molecular complexity index is 501. The molecule has 3 nitrogen and oxygen atoms in total. The molecule has 0 N–H and O–H groups in total. The summed E-state index contributed by atoms with van der Waals surface area (Å²) in [5.41, 5.74) is 0. The van der Waals surface area contributed by atoms with Crippen LogP contribution in [0.3, 0.4) is 0 Å². The summed E-state index contributed by atoms with van der Waals surface area (Å²) in [6.45, 7) is 2.71. The standard InChI is InChI=1S/C25H41ClO3/c1-2-3-4-5-6-7-8-9-10-11-12-13-14-15-16-21-28-25(27)22-29-24-19-17-23(26)18-20-24/h17-20H,2-16,21-22H2,1H3. The normalized spacial score (nSPS) is 10.8. The van der Waals surface area contributed by atoms with Crippen LogP contribution in [-0.2, 0) is 9.53 Å². The molecular weight excluding hydrogens is 384 g/mol. The first-order chi connectivity index (χ1) is 14.2. The molecule has 0 saturated heterocycles. The van der Waals surface area contributed by atoms with Crippen LogP contribution in [0.5, 0.6) is 5.75 Å². The first-order valence-electron chi connectivity index (χ1n) is 11.8. The predicted molar refractivity (Wildman–Crippen MR) is 123 cm³/mol. The molecule has 166 valence electrons. The van der Waals surface area contributed by atoms with Gasteiger partial charge in [0.1, 0.15) is 5.75 Å². The predicted octanol–water partition coefficient (Wildman–Crippen LogP) is 8.13. The topological polar surface area (TPSA) is 35.5 Å². The Labute approximate surface area is 183 Å². The van der Waals surface area contributed by atoms with Crippen LogP contribution in [0.4, 0.5) is 0 Å². The summed E-state index contributed by atoms with van der Waals surface area (Å²) in [6, 6.07) is 6.95. The molecule has 29 heavy (non-hydrogen) atoms. The summed E-state index contributed by atoms with van der Waals surface area (Å²) in [7, 11) is 0. The molecule has 0 bridgehead atoms. The average Bonchev–Trinajstić information content (AvgIpc) is 2.73. The Kier molecular flexibility index (Phi) is 16.7. The van der Waals surface area contributed by atoms with E-state index in [0.717, 1.165) is 12.8 Å². The molecule has 0 spiro atoms. The summed E-state index contributed by atoms with van der Waals surface area (Å²) < 4.78 is 10.6. The van der Waals surface area contributed by atoms with Gasteiger partial charge in [0.05, 0.1) is 6.61 Å². The van der Waals surface area contributed by atoms with Gasteiger partial charge in [0.15, 0.2) is 6.61 Å². The van der Waals surface area contributed by atoms with E-state index in [1.54, 1.807) is 24.3 Å². The Morgan fingerprint density at radius 2 is 1.17 bits per heavy atom. The van der Waals surface area contributed by atoms with Crippen molar-refractivity contribution in [3.63, 3.8) is 0 Å². The smallest absolute Gasteiger partial charge is 0.344 e. The maximum atomic E-state index is 11.7. The van der Waals surface area contributed by atoms with Crippen molar-refractivity contribution in [1.29, 1.82) is 0 Å². The lowest BCUT2D eigenvalue weighted by Crippen LogP contribution is -2.15. The number of halogens is 1. The number of benzene rings is 1. The van der Waals surface area contributed by atoms with Gasteiger partial charge in [-0.05, 0) is 30.7 Å². The van der Waals surface area contributed by atoms with Crippen molar-refractivity contribution >= 4 is 17.6 Å². The summed E-state index contributed by atoms with van der Waals surface area (Å²) in [5.74, 6) is 0.309. The van der Waals surface area contributed by atoms with Crippen LogP contribution in [0.1, 0.15) is 103 Å². The molecule has 0 aromatic heterocycles. The van der Waals surface area contributed by atoms with Crippen LogP contribution >= 0.6 is 11.6 Å². The van der Waals surface area contributed by atoms with Crippen LogP contribution in [0.15, 0.2) is 24.3 Å². The molecule has 0 aliphatic heterocycles. The van der Waals surface area contributed by atoms with Crippen molar-refractivity contribution < 1.29 is 14.3 Å². The number of ether oxygens (including phenoxy) is 2. The van der Waals surface area contributed by atoms with Crippen LogP contribution in [0.2, 0.25) is 5.02 Å². The minimum Gasteiger partial charge on any atom is -0.482 e. The van der Waals surface area contributed by atoms with E-state index in [2.05, 4.69) is 6.92 Å². The highest BCUT2D eigenvalue weighted by Crippen LogP contribution is 2.16. The van der Waals surface area contributed by atoms with Crippen molar-refractivity contribution in [2.75, 3.05) is 13.2 Å². The first-order valence-corrected chi connectivity index (χ1v) is 12.1. The number of hydrogen-bond donors (Lipinski definition) is 0. The van der Waals surface area contributed by atoms with Crippen LogP contribution < -0.4 is 4.74 Å². The lowest BCUT2D eigenvalue weighted by Gasteiger charge is -2.07. The van der Waals surface area contributed by atoms with E-state index < -0.39 is 0 Å². The van der Waals surface area contributed by atoms with Crippen molar-refractivity contribution in [3.05, 3.63) is 29.3 Å². The second kappa shape index (κ2) is 18.8. The second-order valence-electron chi connectivity index (χ2n) is 7.91. The summed E-state index contributed by atoms with van der Waals surface area (Å²) in [6.07, 6.45) is 20.0. The number of esters is 1. The van der Waals surface area contributed by atoms with Crippen molar-refractivity contribution in [3.8, 4) is 5.75 Å². The third-order valence-corrected chi connectivity index (χ3v) is 5.43. The van der Waals surface area contributed by atoms with Crippen LogP contribution in [0.25, 0.3) is 0 Å². The lowest BCUT2D eigenvalue weighted by atomic mass is 10.0. The fraction of sp³-hybridized carbons (Fsp3) is 0.720. The third-order valence-electron chi connectivity index (χ3n) is 5.18. The SMILES string of the molecule is CCCCCCCCCCCCCCCCCOC(=O)COc1ccc(Cl)cc1. The molecule has 0 amide bonds. The van der Waals surface area contributed by atoms with Gasteiger partial charge in [0.2, 0.25) is 0 Å². The summed E-state index contributed by atoms with van der Waals surface area (Å²) in [5, 5.41) is 0.646. The molecule has 1 rings (SSSR count). The molecule has 1 aromatic carbocycles. The second-order valence-corrected chi connectivity index (χ2v) is 8.35. The molecule has 0 unspecified atom stereocenters. The minimum absolute atomic E-state index is 0.0552. The van der Waals surface area contributed by atoms with Gasteiger partial charge < -0.3 is 9.47 Å². The Hall–Kier alpha value is -1.22. The number of hydrogen-bond acceptors (Lipinski definition) is 3. The van der Waals surface area contributed by atoms with Crippen LogP contribution in [0, 0.1) is 0 Å². The fourth-order valence-electron chi connectivity index (χ4n) is 3.37. The average molecular weight is 425 g/mol. The van der Waals surface area contributed by atoms with Gasteiger partial charge in [0, 0.05) is 5.02 Å². The van der Waals surface area contributed by atoms with Gasteiger partial charge in [-0.15, -0.1) is 0 Å². The zero-order valence-electron chi connectivity index (χ0n) is 18.4. The molecule has 0 aliphatic carbocycles. The highest BCUT2D eigenvalue weighted by atomic mass is 35.5. The van der Waals surface area contributed by atoms with E-state index >= 15 is 0 Å². The number of unbranched alkanes of at least 4 members (excludes halogenated alkanes) is 14. The lowest BCUT2D eigenvalue weighted by molar-refractivity contribution is -0.146. The Morgan fingerprint density at radius 3 is 1.66 bits per heavy atom. The van der Waals surface area contributed by atoms with E-state index in [1.807, 2.05) is 0 Å². The Balaban J connectivity index is 1.78. The molecular formula is C25H41ClO3. The molecule has 0 atom stereocenters. The number of carbonyl (C=O) groups excluding carboxylic acids is 1. The number of rotatable bonds is 19. The maximum absolute atomic E-state index is 11.7. The van der Waals surface area contributed by atoms with E-state index in [1.165, 1.54) is 83.5 Å². The molecule has 0 aliphatic rings. The largest absolute Gasteiger partial charge is 0.482 e. The van der Waals surface area contributed by atoms with Gasteiger partial charge in [0.25, 0.3) is 0 Å². The van der Waals surface area contributed by atoms with Crippen molar-refractivity contribution in [1.82, 2.24) is 0 Å². The van der Waals surface area contributed by atoms with Gasteiger partial charge in [-0.1, -0.05) is 108 Å². The molecule has 4 heteroatoms. The maximum Gasteiger partial charge on any atom is 0.344 e. The minimum atomic E-state index is -0.315. The van der Waals surface area contributed by atoms with Gasteiger partial charge in [-0.25, -0.2) is 4.79 Å². The number of carbonyl (C=O) groups is 1. The zero-order valence-corrected chi connectivity index (χ0v) is 19.2.